The monoisotopic (exact) mass is 602 g/mol. The highest BCUT2D eigenvalue weighted by atomic mass is 19.4. The third-order valence-electron chi connectivity index (χ3n) is 7.02. The SMILES string of the molecule is COc1cc(OC)c2nc(Nc3nc(OC(=O)C(F)(F)F)c4cc(OCCN5CCCC5CO)ccc4n3)nc(C)c2c1. The number of ether oxygens (including phenoxy) is 4. The van der Waals surface area contributed by atoms with Crippen molar-refractivity contribution in [3.05, 3.63) is 36.0 Å². The summed E-state index contributed by atoms with van der Waals surface area (Å²) >= 11 is 0. The molecule has 228 valence electrons. The fourth-order valence-corrected chi connectivity index (χ4v) is 4.88. The van der Waals surface area contributed by atoms with Gasteiger partial charge in [0.2, 0.25) is 17.8 Å². The Balaban J connectivity index is 1.46. The fourth-order valence-electron chi connectivity index (χ4n) is 4.88. The maximum Gasteiger partial charge on any atom is 0.491 e. The summed E-state index contributed by atoms with van der Waals surface area (Å²) < 4.78 is 60.6. The number of halogens is 3. The van der Waals surface area contributed by atoms with E-state index in [0.717, 1.165) is 19.4 Å². The first kappa shape index (κ1) is 30.0. The molecule has 0 aliphatic carbocycles. The third-order valence-corrected chi connectivity index (χ3v) is 7.02. The number of methoxy groups -OCH3 is 2. The van der Waals surface area contributed by atoms with Crippen molar-refractivity contribution in [2.24, 2.45) is 0 Å². The highest BCUT2D eigenvalue weighted by molar-refractivity contribution is 5.90. The molecule has 3 heterocycles. The quantitative estimate of drug-likeness (QED) is 0.254. The number of likely N-dealkylation sites (tertiary alicyclic amines) is 1. The minimum absolute atomic E-state index is 0.0273. The number of hydrogen-bond donors (Lipinski definition) is 2. The number of esters is 1. The van der Waals surface area contributed by atoms with Gasteiger partial charge in [-0.2, -0.15) is 18.2 Å². The number of alkyl halides is 3. The number of aliphatic hydroxyl groups is 1. The van der Waals surface area contributed by atoms with E-state index in [0.29, 0.717) is 40.4 Å². The zero-order valence-corrected chi connectivity index (χ0v) is 23.6. The zero-order valence-electron chi connectivity index (χ0n) is 23.6. The van der Waals surface area contributed by atoms with Crippen molar-refractivity contribution < 1.29 is 42.0 Å². The lowest BCUT2D eigenvalue weighted by atomic mass is 10.1. The van der Waals surface area contributed by atoms with Crippen LogP contribution in [0.15, 0.2) is 30.3 Å². The zero-order chi connectivity index (χ0) is 30.7. The van der Waals surface area contributed by atoms with E-state index >= 15 is 0 Å². The Kier molecular flexibility index (Phi) is 8.64. The number of anilines is 2. The molecule has 43 heavy (non-hydrogen) atoms. The van der Waals surface area contributed by atoms with Gasteiger partial charge in [0.25, 0.3) is 0 Å². The average molecular weight is 603 g/mol. The second kappa shape index (κ2) is 12.4. The van der Waals surface area contributed by atoms with E-state index < -0.39 is 18.0 Å². The standard InChI is InChI=1S/C28H29F3N6O6/c1-15-19-12-18(40-2)13-22(41-3)23(19)34-26(32-15)36-27-33-21-7-6-17(42-10-9-37-8-4-5-16(37)14-38)11-20(21)24(35-27)43-25(39)28(29,30)31/h6-7,11-13,16,38H,4-5,8-10,14H2,1-3H3,(H,32,33,34,35,36). The molecule has 15 heteroatoms. The number of benzene rings is 2. The van der Waals surface area contributed by atoms with E-state index in [2.05, 4.69) is 34.9 Å². The molecule has 1 saturated heterocycles. The second-order valence-electron chi connectivity index (χ2n) is 9.77. The van der Waals surface area contributed by atoms with Crippen molar-refractivity contribution in [2.75, 3.05) is 45.8 Å². The highest BCUT2D eigenvalue weighted by Crippen LogP contribution is 2.34. The normalized spacial score (nSPS) is 15.6. The van der Waals surface area contributed by atoms with Crippen molar-refractivity contribution in [1.29, 1.82) is 0 Å². The molecule has 2 N–H and O–H groups in total. The van der Waals surface area contributed by atoms with E-state index in [1.165, 1.54) is 26.4 Å². The summed E-state index contributed by atoms with van der Waals surface area (Å²) in [6, 6.07) is 7.98. The molecule has 1 unspecified atom stereocenters. The Labute approximate surface area is 243 Å². The maximum absolute atomic E-state index is 13.1. The first-order chi connectivity index (χ1) is 20.6. The number of aliphatic hydroxyl groups excluding tert-OH is 1. The minimum Gasteiger partial charge on any atom is -0.497 e. The van der Waals surface area contributed by atoms with E-state index in [-0.39, 0.29) is 42.1 Å². The molecule has 0 saturated carbocycles. The molecule has 2 aromatic carbocycles. The molecule has 12 nitrogen and oxygen atoms in total. The number of aryl methyl sites for hydroxylation is 1. The number of fused-ring (bicyclic) bond motifs is 2. The van der Waals surface area contributed by atoms with E-state index in [1.807, 2.05) is 0 Å². The van der Waals surface area contributed by atoms with Gasteiger partial charge in [-0.25, -0.2) is 19.7 Å². The van der Waals surface area contributed by atoms with Crippen molar-refractivity contribution in [3.8, 4) is 23.1 Å². The van der Waals surface area contributed by atoms with Gasteiger partial charge in [0.15, 0.2) is 0 Å². The largest absolute Gasteiger partial charge is 0.497 e. The van der Waals surface area contributed by atoms with Crippen LogP contribution in [0.1, 0.15) is 18.5 Å². The molecule has 0 bridgehead atoms. The second-order valence-corrected chi connectivity index (χ2v) is 9.77. The number of aromatic nitrogens is 4. The van der Waals surface area contributed by atoms with Crippen LogP contribution in [0.3, 0.4) is 0 Å². The Morgan fingerprint density at radius 1 is 1.05 bits per heavy atom. The van der Waals surface area contributed by atoms with Gasteiger partial charge in [0.05, 0.1) is 37.4 Å². The Morgan fingerprint density at radius 3 is 2.53 bits per heavy atom. The van der Waals surface area contributed by atoms with E-state index in [4.69, 9.17) is 14.2 Å². The summed E-state index contributed by atoms with van der Waals surface area (Å²) in [6.07, 6.45) is -3.37. The van der Waals surface area contributed by atoms with Gasteiger partial charge in [0, 0.05) is 24.0 Å². The molecule has 1 aliphatic heterocycles. The van der Waals surface area contributed by atoms with Gasteiger partial charge in [-0.05, 0) is 50.6 Å². The molecule has 0 radical (unpaired) electrons. The van der Waals surface area contributed by atoms with Crippen LogP contribution in [0.25, 0.3) is 21.8 Å². The predicted octanol–water partition coefficient (Wildman–Crippen LogP) is 3.95. The Morgan fingerprint density at radius 2 is 1.81 bits per heavy atom. The van der Waals surface area contributed by atoms with Crippen LogP contribution in [0.4, 0.5) is 25.1 Å². The smallest absolute Gasteiger partial charge is 0.491 e. The molecule has 1 atom stereocenters. The lowest BCUT2D eigenvalue weighted by Gasteiger charge is -2.22. The first-order valence-corrected chi connectivity index (χ1v) is 13.4. The third kappa shape index (κ3) is 6.62. The van der Waals surface area contributed by atoms with E-state index in [9.17, 15) is 23.1 Å². The van der Waals surface area contributed by atoms with Crippen LogP contribution >= 0.6 is 0 Å². The topological polar surface area (TPSA) is 141 Å². The number of carbonyl (C=O) groups excluding carboxylic acids is 1. The lowest BCUT2D eigenvalue weighted by Crippen LogP contribution is -2.35. The Bertz CT molecular complexity index is 1650. The van der Waals surface area contributed by atoms with Crippen LogP contribution in [-0.4, -0.2) is 88.7 Å². The predicted molar refractivity (Wildman–Crippen MR) is 149 cm³/mol. The molecule has 1 fully saturated rings. The molecular weight excluding hydrogens is 573 g/mol. The van der Waals surface area contributed by atoms with Gasteiger partial charge >= 0.3 is 12.1 Å². The van der Waals surface area contributed by atoms with Gasteiger partial charge in [-0.3, -0.25) is 10.2 Å². The number of rotatable bonds is 10. The van der Waals surface area contributed by atoms with Gasteiger partial charge < -0.3 is 24.1 Å². The van der Waals surface area contributed by atoms with Crippen LogP contribution in [0.5, 0.6) is 23.1 Å². The van der Waals surface area contributed by atoms with Gasteiger partial charge in [-0.1, -0.05) is 0 Å². The van der Waals surface area contributed by atoms with Crippen molar-refractivity contribution in [1.82, 2.24) is 24.8 Å². The minimum atomic E-state index is -5.26. The first-order valence-electron chi connectivity index (χ1n) is 13.4. The number of nitrogens with zero attached hydrogens (tertiary/aromatic N) is 5. The van der Waals surface area contributed by atoms with Crippen LogP contribution < -0.4 is 24.3 Å². The van der Waals surface area contributed by atoms with Gasteiger partial charge in [0.1, 0.15) is 29.4 Å². The summed E-state index contributed by atoms with van der Waals surface area (Å²) in [7, 11) is 2.99. The molecule has 0 amide bonds. The molecular formula is C28H29F3N6O6. The van der Waals surface area contributed by atoms with Gasteiger partial charge in [-0.15, -0.1) is 0 Å². The number of hydrogen-bond acceptors (Lipinski definition) is 12. The number of carbonyl (C=O) groups is 1. The van der Waals surface area contributed by atoms with Crippen LogP contribution in [0, 0.1) is 6.92 Å². The molecule has 0 spiro atoms. The van der Waals surface area contributed by atoms with Crippen molar-refractivity contribution >= 4 is 39.7 Å². The molecule has 4 aromatic rings. The summed E-state index contributed by atoms with van der Waals surface area (Å²) in [5.41, 5.74) is 1.17. The Hall–Kier alpha value is -4.50. The summed E-state index contributed by atoms with van der Waals surface area (Å²) in [6.45, 7) is 3.47. The summed E-state index contributed by atoms with van der Waals surface area (Å²) in [5.74, 6) is -1.97. The summed E-state index contributed by atoms with van der Waals surface area (Å²) in [5, 5.41) is 13.0. The number of nitrogens with one attached hydrogen (secondary N) is 1. The molecule has 1 aliphatic rings. The molecule has 2 aromatic heterocycles. The fraction of sp³-hybridized carbons (Fsp3) is 0.393. The van der Waals surface area contributed by atoms with Crippen molar-refractivity contribution in [3.63, 3.8) is 0 Å². The molecule has 5 rings (SSSR count). The van der Waals surface area contributed by atoms with Crippen LogP contribution in [0.2, 0.25) is 0 Å². The average Bonchev–Trinajstić information content (AvgIpc) is 3.44. The van der Waals surface area contributed by atoms with E-state index in [1.54, 1.807) is 25.1 Å². The maximum atomic E-state index is 13.1. The highest BCUT2D eigenvalue weighted by Gasteiger charge is 2.42. The lowest BCUT2D eigenvalue weighted by molar-refractivity contribution is -0.189. The van der Waals surface area contributed by atoms with Crippen molar-refractivity contribution in [2.45, 2.75) is 32.0 Å². The summed E-state index contributed by atoms with van der Waals surface area (Å²) in [4.78, 5) is 31.2. The van der Waals surface area contributed by atoms with Crippen LogP contribution in [-0.2, 0) is 4.79 Å².